The van der Waals surface area contributed by atoms with Gasteiger partial charge in [0.25, 0.3) is 0 Å². The number of nitrogens with zero attached hydrogens (tertiary/aromatic N) is 1. The van der Waals surface area contributed by atoms with Crippen molar-refractivity contribution in [1.29, 1.82) is 0 Å². The Labute approximate surface area is 297 Å². The quantitative estimate of drug-likeness (QED) is 0.184. The van der Waals surface area contributed by atoms with Gasteiger partial charge in [0.05, 0.1) is 5.69 Å². The molecule has 51 heavy (non-hydrogen) atoms. The summed E-state index contributed by atoms with van der Waals surface area (Å²) < 4.78 is 6.63. The van der Waals surface area contributed by atoms with Crippen molar-refractivity contribution in [2.24, 2.45) is 0 Å². The molecule has 0 bridgehead atoms. The van der Waals surface area contributed by atoms with Crippen molar-refractivity contribution in [1.82, 2.24) is 0 Å². The molecule has 1 aliphatic rings. The van der Waals surface area contributed by atoms with E-state index < -0.39 is 0 Å². The highest BCUT2D eigenvalue weighted by atomic mass is 16.3. The number of benzene rings is 8. The van der Waals surface area contributed by atoms with Gasteiger partial charge in [-0.2, -0.15) is 0 Å². The van der Waals surface area contributed by atoms with Crippen LogP contribution in [-0.2, 0) is 5.41 Å². The number of furan rings is 1. The molecule has 0 atom stereocenters. The van der Waals surface area contributed by atoms with Gasteiger partial charge in [0.2, 0.25) is 0 Å². The van der Waals surface area contributed by atoms with Gasteiger partial charge < -0.3 is 9.32 Å². The molecular formula is C49H35NO. The lowest BCUT2D eigenvalue weighted by Crippen LogP contribution is -2.16. The molecule has 242 valence electrons. The molecule has 2 heteroatoms. The van der Waals surface area contributed by atoms with E-state index in [0.717, 1.165) is 39.0 Å². The predicted octanol–water partition coefficient (Wildman–Crippen LogP) is 13.8. The molecule has 0 N–H and O–H groups in total. The molecule has 1 heterocycles. The van der Waals surface area contributed by atoms with E-state index in [0.29, 0.717) is 0 Å². The largest absolute Gasteiger partial charge is 0.454 e. The average molecular weight is 654 g/mol. The van der Waals surface area contributed by atoms with Crippen LogP contribution in [0.1, 0.15) is 25.0 Å². The number of hydrogen-bond donors (Lipinski definition) is 0. The van der Waals surface area contributed by atoms with Gasteiger partial charge in [0, 0.05) is 27.6 Å². The van der Waals surface area contributed by atoms with Crippen molar-refractivity contribution in [3.63, 3.8) is 0 Å². The van der Waals surface area contributed by atoms with Gasteiger partial charge in [-0.15, -0.1) is 0 Å². The first-order valence-corrected chi connectivity index (χ1v) is 17.7. The van der Waals surface area contributed by atoms with E-state index >= 15 is 0 Å². The van der Waals surface area contributed by atoms with Crippen molar-refractivity contribution in [3.8, 4) is 33.4 Å². The fourth-order valence-corrected chi connectivity index (χ4v) is 8.22. The molecule has 0 saturated carbocycles. The first-order valence-electron chi connectivity index (χ1n) is 17.7. The second-order valence-electron chi connectivity index (χ2n) is 14.2. The smallest absolute Gasteiger partial charge is 0.159 e. The summed E-state index contributed by atoms with van der Waals surface area (Å²) in [5, 5.41) is 4.75. The summed E-state index contributed by atoms with van der Waals surface area (Å²) in [5.41, 5.74) is 15.0. The van der Waals surface area contributed by atoms with Gasteiger partial charge in [-0.05, 0) is 104 Å². The topological polar surface area (TPSA) is 16.4 Å². The first-order chi connectivity index (χ1) is 25.0. The molecular weight excluding hydrogens is 619 g/mol. The summed E-state index contributed by atoms with van der Waals surface area (Å²) in [7, 11) is 0. The van der Waals surface area contributed by atoms with Gasteiger partial charge >= 0.3 is 0 Å². The summed E-state index contributed by atoms with van der Waals surface area (Å²) in [6.07, 6.45) is 0. The Balaban J connectivity index is 1.10. The van der Waals surface area contributed by atoms with Crippen LogP contribution in [0.15, 0.2) is 180 Å². The second-order valence-corrected chi connectivity index (χ2v) is 14.2. The van der Waals surface area contributed by atoms with Crippen LogP contribution < -0.4 is 4.90 Å². The standard InChI is InChI=1S/C49H35NO/c1-49(2)44-18-7-5-15-40(44)41-28-27-39(31-45(41)49)50(46-19-10-17-43-42-16-6-8-20-47(42)51-48(43)46)38-25-23-33(24-26-38)35-13-9-14-36(29-35)37-22-21-32-11-3-4-12-34(32)30-37/h3-31H,1-2H3. The summed E-state index contributed by atoms with van der Waals surface area (Å²) in [5.74, 6) is 0. The molecule has 8 aromatic carbocycles. The van der Waals surface area contributed by atoms with Crippen molar-refractivity contribution in [2.45, 2.75) is 19.3 Å². The van der Waals surface area contributed by atoms with Crippen LogP contribution in [0, 0.1) is 0 Å². The second kappa shape index (κ2) is 11.3. The Morgan fingerprint density at radius 3 is 1.96 bits per heavy atom. The SMILES string of the molecule is CC1(C)c2ccccc2-c2ccc(N(c3ccc(-c4cccc(-c5ccc6ccccc6c5)c4)cc3)c3cccc4c3oc3ccccc34)cc21. The van der Waals surface area contributed by atoms with Crippen LogP contribution in [-0.4, -0.2) is 0 Å². The molecule has 0 amide bonds. The van der Waals surface area contributed by atoms with Gasteiger partial charge in [0.15, 0.2) is 5.58 Å². The van der Waals surface area contributed by atoms with Gasteiger partial charge in [0.1, 0.15) is 5.58 Å². The lowest BCUT2D eigenvalue weighted by molar-refractivity contribution is 0.660. The molecule has 9 aromatic rings. The lowest BCUT2D eigenvalue weighted by Gasteiger charge is -2.28. The van der Waals surface area contributed by atoms with Crippen LogP contribution in [0.3, 0.4) is 0 Å². The zero-order chi connectivity index (χ0) is 34.1. The van der Waals surface area contributed by atoms with Crippen LogP contribution in [0.4, 0.5) is 17.1 Å². The molecule has 2 nitrogen and oxygen atoms in total. The zero-order valence-corrected chi connectivity index (χ0v) is 28.6. The van der Waals surface area contributed by atoms with Crippen molar-refractivity contribution >= 4 is 49.8 Å². The first kappa shape index (κ1) is 29.5. The van der Waals surface area contributed by atoms with Crippen molar-refractivity contribution in [2.75, 3.05) is 4.90 Å². The Morgan fingerprint density at radius 2 is 1.08 bits per heavy atom. The van der Waals surface area contributed by atoms with E-state index in [1.165, 1.54) is 55.3 Å². The van der Waals surface area contributed by atoms with Gasteiger partial charge in [-0.25, -0.2) is 0 Å². The fraction of sp³-hybridized carbons (Fsp3) is 0.0612. The van der Waals surface area contributed by atoms with E-state index in [2.05, 4.69) is 189 Å². The minimum Gasteiger partial charge on any atom is -0.454 e. The molecule has 0 saturated heterocycles. The van der Waals surface area contributed by atoms with E-state index in [1.54, 1.807) is 0 Å². The predicted molar refractivity (Wildman–Crippen MR) is 214 cm³/mol. The third-order valence-electron chi connectivity index (χ3n) is 10.9. The molecule has 1 aliphatic carbocycles. The molecule has 0 aliphatic heterocycles. The number of anilines is 3. The third-order valence-corrected chi connectivity index (χ3v) is 10.9. The Hall–Kier alpha value is -6.38. The van der Waals surface area contributed by atoms with E-state index in [9.17, 15) is 0 Å². The number of hydrogen-bond acceptors (Lipinski definition) is 2. The van der Waals surface area contributed by atoms with Gasteiger partial charge in [-0.3, -0.25) is 0 Å². The summed E-state index contributed by atoms with van der Waals surface area (Å²) >= 11 is 0. The molecule has 10 rings (SSSR count). The Kier molecular flexibility index (Phi) is 6.56. The van der Waals surface area contributed by atoms with E-state index in [4.69, 9.17) is 4.42 Å². The minimum absolute atomic E-state index is 0.112. The highest BCUT2D eigenvalue weighted by Crippen LogP contribution is 2.51. The van der Waals surface area contributed by atoms with Crippen LogP contribution in [0.2, 0.25) is 0 Å². The summed E-state index contributed by atoms with van der Waals surface area (Å²) in [6, 6.07) is 63.7. The number of rotatable bonds is 5. The molecule has 0 unspecified atom stereocenters. The molecule has 1 aromatic heterocycles. The van der Waals surface area contributed by atoms with Crippen LogP contribution >= 0.6 is 0 Å². The highest BCUT2D eigenvalue weighted by Gasteiger charge is 2.36. The molecule has 0 spiro atoms. The van der Waals surface area contributed by atoms with Crippen molar-refractivity contribution < 1.29 is 4.42 Å². The van der Waals surface area contributed by atoms with Crippen LogP contribution in [0.25, 0.3) is 66.1 Å². The maximum atomic E-state index is 6.63. The maximum Gasteiger partial charge on any atom is 0.159 e. The lowest BCUT2D eigenvalue weighted by atomic mass is 9.82. The van der Waals surface area contributed by atoms with Gasteiger partial charge in [-0.1, -0.05) is 141 Å². The van der Waals surface area contributed by atoms with E-state index in [-0.39, 0.29) is 5.41 Å². The summed E-state index contributed by atoms with van der Waals surface area (Å²) in [4.78, 5) is 2.36. The fourth-order valence-electron chi connectivity index (χ4n) is 8.22. The average Bonchev–Trinajstić information content (AvgIpc) is 3.68. The zero-order valence-electron chi connectivity index (χ0n) is 28.6. The third kappa shape index (κ3) is 4.71. The molecule has 0 radical (unpaired) electrons. The van der Waals surface area contributed by atoms with E-state index in [1.807, 2.05) is 6.07 Å². The monoisotopic (exact) mass is 653 g/mol. The highest BCUT2D eigenvalue weighted by molar-refractivity contribution is 6.10. The minimum atomic E-state index is -0.112. The number of fused-ring (bicyclic) bond motifs is 7. The molecule has 0 fully saturated rings. The Bertz CT molecular complexity index is 2780. The number of para-hydroxylation sites is 2. The normalized spacial score (nSPS) is 13.1. The van der Waals surface area contributed by atoms with Crippen LogP contribution in [0.5, 0.6) is 0 Å². The summed E-state index contributed by atoms with van der Waals surface area (Å²) in [6.45, 7) is 4.68. The Morgan fingerprint density at radius 1 is 0.431 bits per heavy atom. The maximum absolute atomic E-state index is 6.63. The van der Waals surface area contributed by atoms with Crippen molar-refractivity contribution in [3.05, 3.63) is 187 Å².